The minimum absolute atomic E-state index is 0.555. The molecule has 0 aromatic carbocycles. The van der Waals surface area contributed by atoms with Gasteiger partial charge in [0.25, 0.3) is 0 Å². The SMILES string of the molecule is C=CCCC(CCC(C1C=CCCC1C)C1CCCCC1CC1C=CC(C2CCC3C(C)CC(C(CC)CCC)C(C(C)CC)C3C2)CC1)C(/C=C\C)C1C=CCC=C1C. The van der Waals surface area contributed by atoms with Gasteiger partial charge in [-0.2, -0.15) is 0 Å². The van der Waals surface area contributed by atoms with Gasteiger partial charge in [-0.1, -0.05) is 153 Å². The molecule has 0 aromatic heterocycles. The molecule has 6 aliphatic rings. The van der Waals surface area contributed by atoms with Crippen molar-refractivity contribution in [2.45, 2.75) is 197 Å². The van der Waals surface area contributed by atoms with E-state index in [4.69, 9.17) is 0 Å². The van der Waals surface area contributed by atoms with E-state index in [1.807, 2.05) is 0 Å². The molecule has 0 nitrogen and oxygen atoms in total. The standard InChI is InChI=1S/C60H98/c1-10-15-26-49(55(23-12-3)52-28-19-16-24-43(52)7)35-38-57(53-29-20-17-25-44(53)8)56-30-21-18-27-51(56)40-46-31-33-48(34-32-46)50-36-37-54-45(9)39-58(47(14-5)22-11-2)60(42(6)13-4)59(54)41-50/h10,12,19-20,23-24,28-29,31,33,42,44-60H,1,11,13-18,21-22,25-27,30,32,34-41H2,2-9H3/b23-12-. The van der Waals surface area contributed by atoms with Crippen molar-refractivity contribution >= 4 is 0 Å². The Morgan fingerprint density at radius 1 is 0.783 bits per heavy atom. The molecule has 0 N–H and O–H groups in total. The van der Waals surface area contributed by atoms with E-state index in [1.54, 1.807) is 5.57 Å². The molecule has 0 radical (unpaired) electrons. The molecule has 0 spiro atoms. The van der Waals surface area contributed by atoms with E-state index >= 15 is 0 Å². The Bertz CT molecular complexity index is 1420. The van der Waals surface area contributed by atoms with Crippen molar-refractivity contribution in [1.82, 2.24) is 0 Å². The van der Waals surface area contributed by atoms with Crippen LogP contribution in [0.1, 0.15) is 197 Å². The van der Waals surface area contributed by atoms with Crippen LogP contribution in [0.5, 0.6) is 0 Å². The largest absolute Gasteiger partial charge is 0.103 e. The van der Waals surface area contributed by atoms with Gasteiger partial charge in [0.1, 0.15) is 0 Å². The van der Waals surface area contributed by atoms with Crippen LogP contribution in [0.25, 0.3) is 0 Å². The van der Waals surface area contributed by atoms with Gasteiger partial charge in [0.05, 0.1) is 0 Å². The molecule has 3 saturated carbocycles. The van der Waals surface area contributed by atoms with E-state index in [-0.39, 0.29) is 0 Å². The van der Waals surface area contributed by atoms with Gasteiger partial charge < -0.3 is 0 Å². The first-order valence-corrected chi connectivity index (χ1v) is 27.1. The van der Waals surface area contributed by atoms with Gasteiger partial charge in [-0.3, -0.25) is 0 Å². The summed E-state index contributed by atoms with van der Waals surface area (Å²) in [5, 5.41) is 0. The summed E-state index contributed by atoms with van der Waals surface area (Å²) in [6.07, 6.45) is 56.5. The van der Waals surface area contributed by atoms with Crippen LogP contribution in [-0.4, -0.2) is 0 Å². The first kappa shape index (κ1) is 47.9. The molecular weight excluding hydrogens is 721 g/mol. The summed E-state index contributed by atoms with van der Waals surface area (Å²) in [7, 11) is 0. The van der Waals surface area contributed by atoms with Crippen LogP contribution in [0, 0.1) is 107 Å². The Morgan fingerprint density at radius 3 is 2.32 bits per heavy atom. The summed E-state index contributed by atoms with van der Waals surface area (Å²) in [4.78, 5) is 0. The molecule has 338 valence electrons. The van der Waals surface area contributed by atoms with E-state index in [0.29, 0.717) is 17.8 Å². The fourth-order valence-electron chi connectivity index (χ4n) is 16.1. The molecule has 0 saturated heterocycles. The van der Waals surface area contributed by atoms with Crippen molar-refractivity contribution < 1.29 is 0 Å². The second-order valence-electron chi connectivity index (χ2n) is 22.7. The van der Waals surface area contributed by atoms with E-state index in [9.17, 15) is 0 Å². The summed E-state index contributed by atoms with van der Waals surface area (Å²) < 4.78 is 0. The molecule has 60 heavy (non-hydrogen) atoms. The maximum atomic E-state index is 4.20. The Balaban J connectivity index is 1.15. The van der Waals surface area contributed by atoms with Crippen molar-refractivity contribution in [3.8, 4) is 0 Å². The average molecular weight is 819 g/mol. The lowest BCUT2D eigenvalue weighted by molar-refractivity contribution is -0.0566. The van der Waals surface area contributed by atoms with Gasteiger partial charge >= 0.3 is 0 Å². The average Bonchev–Trinajstić information content (AvgIpc) is 3.27. The lowest BCUT2D eigenvalue weighted by Gasteiger charge is -2.55. The zero-order chi connectivity index (χ0) is 42.6. The second kappa shape index (κ2) is 23.9. The van der Waals surface area contributed by atoms with Crippen LogP contribution in [-0.2, 0) is 0 Å². The molecule has 0 aliphatic heterocycles. The highest BCUT2D eigenvalue weighted by molar-refractivity contribution is 5.22. The van der Waals surface area contributed by atoms with Crippen LogP contribution in [0.4, 0.5) is 0 Å². The van der Waals surface area contributed by atoms with Crippen LogP contribution in [0.2, 0.25) is 0 Å². The monoisotopic (exact) mass is 819 g/mol. The third-order valence-electron chi connectivity index (χ3n) is 19.4. The Labute approximate surface area is 374 Å². The lowest BCUT2D eigenvalue weighted by atomic mass is 9.50. The van der Waals surface area contributed by atoms with Crippen LogP contribution < -0.4 is 0 Å². The third kappa shape index (κ3) is 11.8. The molecule has 6 rings (SSSR count). The van der Waals surface area contributed by atoms with Crippen molar-refractivity contribution in [3.63, 3.8) is 0 Å². The fraction of sp³-hybridized carbons (Fsp3) is 0.800. The van der Waals surface area contributed by atoms with Gasteiger partial charge in [-0.15, -0.1) is 6.58 Å². The number of fused-ring (bicyclic) bond motifs is 1. The summed E-state index contributed by atoms with van der Waals surface area (Å²) in [5.74, 6) is 15.3. The summed E-state index contributed by atoms with van der Waals surface area (Å²) in [5.41, 5.74) is 1.59. The van der Waals surface area contributed by atoms with Gasteiger partial charge in [-0.25, -0.2) is 0 Å². The molecule has 3 fully saturated rings. The number of hydrogen-bond acceptors (Lipinski definition) is 0. The second-order valence-corrected chi connectivity index (χ2v) is 22.7. The molecule has 0 heteroatoms. The van der Waals surface area contributed by atoms with Crippen LogP contribution in [0.3, 0.4) is 0 Å². The highest BCUT2D eigenvalue weighted by Crippen LogP contribution is 2.57. The summed E-state index contributed by atoms with van der Waals surface area (Å²) in [6, 6.07) is 0. The maximum Gasteiger partial charge on any atom is 0.00397 e. The fourth-order valence-corrected chi connectivity index (χ4v) is 16.1. The lowest BCUT2D eigenvalue weighted by Crippen LogP contribution is -2.47. The minimum atomic E-state index is 0.555. The van der Waals surface area contributed by atoms with E-state index in [0.717, 1.165) is 102 Å². The smallest absolute Gasteiger partial charge is 0.00397 e. The van der Waals surface area contributed by atoms with Crippen molar-refractivity contribution in [2.24, 2.45) is 107 Å². The summed E-state index contributed by atoms with van der Waals surface area (Å²) in [6.45, 7) is 24.2. The quantitative estimate of drug-likeness (QED) is 0.107. The van der Waals surface area contributed by atoms with Gasteiger partial charge in [0.15, 0.2) is 0 Å². The number of hydrogen-bond donors (Lipinski definition) is 0. The van der Waals surface area contributed by atoms with Crippen LogP contribution >= 0.6 is 0 Å². The van der Waals surface area contributed by atoms with Gasteiger partial charge in [0.2, 0.25) is 0 Å². The van der Waals surface area contributed by atoms with Crippen molar-refractivity contribution in [2.75, 3.05) is 0 Å². The molecule has 6 aliphatic carbocycles. The molecule has 0 amide bonds. The van der Waals surface area contributed by atoms with Gasteiger partial charge in [0, 0.05) is 5.92 Å². The van der Waals surface area contributed by atoms with Crippen LogP contribution in [0.15, 0.2) is 72.9 Å². The minimum Gasteiger partial charge on any atom is -0.103 e. The van der Waals surface area contributed by atoms with E-state index < -0.39 is 0 Å². The van der Waals surface area contributed by atoms with Crippen molar-refractivity contribution in [1.29, 1.82) is 0 Å². The Hall–Kier alpha value is -1.56. The first-order valence-electron chi connectivity index (χ1n) is 27.1. The highest BCUT2D eigenvalue weighted by atomic mass is 14.5. The third-order valence-corrected chi connectivity index (χ3v) is 19.4. The van der Waals surface area contributed by atoms with Crippen molar-refractivity contribution in [3.05, 3.63) is 72.9 Å². The Kier molecular flexibility index (Phi) is 19.1. The molecule has 18 atom stereocenters. The van der Waals surface area contributed by atoms with E-state index in [2.05, 4.69) is 123 Å². The predicted octanol–water partition coefficient (Wildman–Crippen LogP) is 18.2. The topological polar surface area (TPSA) is 0 Å². The predicted molar refractivity (Wildman–Crippen MR) is 265 cm³/mol. The van der Waals surface area contributed by atoms with E-state index in [1.165, 1.54) is 128 Å². The number of rotatable bonds is 20. The zero-order valence-electron chi connectivity index (χ0n) is 40.9. The zero-order valence-corrected chi connectivity index (χ0v) is 40.9. The van der Waals surface area contributed by atoms with Gasteiger partial charge in [-0.05, 0) is 211 Å². The highest BCUT2D eigenvalue weighted by Gasteiger charge is 2.49. The summed E-state index contributed by atoms with van der Waals surface area (Å²) >= 11 is 0. The maximum absolute atomic E-state index is 4.20. The molecular formula is C60H98. The molecule has 18 unspecified atom stereocenters. The molecule has 0 heterocycles. The Morgan fingerprint density at radius 2 is 1.62 bits per heavy atom. The molecule has 0 aromatic rings. The molecule has 0 bridgehead atoms. The number of allylic oxidation sites excluding steroid dienone is 11. The first-order chi connectivity index (χ1) is 29.2. The normalized spacial score (nSPS) is 38.5.